The maximum Gasteiger partial charge on any atom is 0.257 e. The number of anilines is 3. The Morgan fingerprint density at radius 3 is 2.50 bits per heavy atom. The van der Waals surface area contributed by atoms with Gasteiger partial charge >= 0.3 is 0 Å². The van der Waals surface area contributed by atoms with Crippen LogP contribution >= 0.6 is 39.7 Å². The monoisotopic (exact) mass is 502 g/mol. The van der Waals surface area contributed by atoms with Crippen LogP contribution in [0.4, 0.5) is 16.0 Å². The van der Waals surface area contributed by atoms with E-state index in [9.17, 15) is 4.79 Å². The Labute approximate surface area is 192 Å². The number of hydrogen-bond donors (Lipinski definition) is 2. The Balaban J connectivity index is 0.00000256. The predicted molar refractivity (Wildman–Crippen MR) is 129 cm³/mol. The Morgan fingerprint density at radius 2 is 1.73 bits per heavy atom. The van der Waals surface area contributed by atoms with E-state index in [1.165, 1.54) is 22.7 Å². The number of rotatable bonds is 6. The molecule has 0 bridgehead atoms. The van der Waals surface area contributed by atoms with Crippen LogP contribution in [0.15, 0.2) is 60.0 Å². The standard InChI is InChI=1S/C21H18N4O2S2.BrH/c1-13-18(29-21(22-13)25-19(26)14-8-4-3-5-9-14)16-12-28-20(24-16)23-15-10-6-7-11-17(15)27-2;/h3-12H,1-2H3,(H,23,24)(H,22,25,26);1H. The van der Waals surface area contributed by atoms with E-state index in [0.717, 1.165) is 32.8 Å². The average molecular weight is 503 g/mol. The van der Waals surface area contributed by atoms with Gasteiger partial charge in [0.1, 0.15) is 5.75 Å². The molecule has 2 heterocycles. The molecule has 154 valence electrons. The molecule has 0 saturated carbocycles. The summed E-state index contributed by atoms with van der Waals surface area (Å²) < 4.78 is 5.37. The Morgan fingerprint density at radius 1 is 1.00 bits per heavy atom. The fourth-order valence-corrected chi connectivity index (χ4v) is 4.46. The number of thiazole rings is 2. The lowest BCUT2D eigenvalue weighted by atomic mass is 10.2. The first kappa shape index (κ1) is 21.9. The first-order valence-electron chi connectivity index (χ1n) is 8.84. The zero-order chi connectivity index (χ0) is 20.2. The Bertz CT molecular complexity index is 1140. The molecule has 0 aliphatic rings. The molecule has 4 aromatic rings. The van der Waals surface area contributed by atoms with Crippen molar-refractivity contribution in [2.75, 3.05) is 17.7 Å². The van der Waals surface area contributed by atoms with Crippen molar-refractivity contribution in [1.29, 1.82) is 0 Å². The van der Waals surface area contributed by atoms with Crippen molar-refractivity contribution in [3.63, 3.8) is 0 Å². The van der Waals surface area contributed by atoms with Gasteiger partial charge < -0.3 is 10.1 Å². The molecule has 9 heteroatoms. The molecule has 30 heavy (non-hydrogen) atoms. The Kier molecular flexibility index (Phi) is 7.20. The van der Waals surface area contributed by atoms with E-state index in [1.54, 1.807) is 19.2 Å². The molecule has 0 atom stereocenters. The number of nitrogens with zero attached hydrogens (tertiary/aromatic N) is 2. The van der Waals surface area contributed by atoms with Crippen LogP contribution in [-0.4, -0.2) is 23.0 Å². The molecule has 2 aromatic carbocycles. The van der Waals surface area contributed by atoms with E-state index in [4.69, 9.17) is 4.74 Å². The largest absolute Gasteiger partial charge is 0.495 e. The van der Waals surface area contributed by atoms with Crippen molar-refractivity contribution in [2.24, 2.45) is 0 Å². The SMILES string of the molecule is Br.COc1ccccc1Nc1nc(-c2sc(NC(=O)c3ccccc3)nc2C)cs1. The van der Waals surface area contributed by atoms with Crippen LogP contribution in [0, 0.1) is 6.92 Å². The molecule has 0 aliphatic heterocycles. The summed E-state index contributed by atoms with van der Waals surface area (Å²) in [6, 6.07) is 16.8. The summed E-state index contributed by atoms with van der Waals surface area (Å²) in [7, 11) is 1.64. The minimum absolute atomic E-state index is 0. The van der Waals surface area contributed by atoms with Crippen molar-refractivity contribution in [1.82, 2.24) is 9.97 Å². The third kappa shape index (κ3) is 4.86. The van der Waals surface area contributed by atoms with Gasteiger partial charge in [0.05, 0.1) is 29.1 Å². The van der Waals surface area contributed by atoms with Gasteiger partial charge in [0.15, 0.2) is 10.3 Å². The second-order valence-electron chi connectivity index (χ2n) is 6.12. The van der Waals surface area contributed by atoms with Crippen molar-refractivity contribution in [3.05, 3.63) is 71.2 Å². The van der Waals surface area contributed by atoms with Gasteiger partial charge in [-0.2, -0.15) is 0 Å². The molecule has 0 saturated heterocycles. The molecular weight excluding hydrogens is 484 g/mol. The fourth-order valence-electron chi connectivity index (χ4n) is 2.74. The maximum atomic E-state index is 12.4. The van der Waals surface area contributed by atoms with Crippen LogP contribution in [0.25, 0.3) is 10.6 Å². The molecule has 4 rings (SSSR count). The van der Waals surface area contributed by atoms with Gasteiger partial charge in [-0.25, -0.2) is 9.97 Å². The quantitative estimate of drug-likeness (QED) is 0.330. The number of methoxy groups -OCH3 is 1. The van der Waals surface area contributed by atoms with E-state index in [2.05, 4.69) is 20.6 Å². The molecule has 6 nitrogen and oxygen atoms in total. The van der Waals surface area contributed by atoms with Crippen molar-refractivity contribution in [2.45, 2.75) is 6.92 Å². The van der Waals surface area contributed by atoms with Gasteiger partial charge in [0.25, 0.3) is 5.91 Å². The third-order valence-electron chi connectivity index (χ3n) is 4.14. The van der Waals surface area contributed by atoms with Crippen molar-refractivity contribution < 1.29 is 9.53 Å². The number of ether oxygens (including phenoxy) is 1. The molecule has 2 N–H and O–H groups in total. The number of aryl methyl sites for hydroxylation is 1. The minimum Gasteiger partial charge on any atom is -0.495 e. The summed E-state index contributed by atoms with van der Waals surface area (Å²) in [5.74, 6) is 0.576. The van der Waals surface area contributed by atoms with E-state index in [1.807, 2.05) is 54.8 Å². The zero-order valence-corrected chi connectivity index (χ0v) is 19.6. The summed E-state index contributed by atoms with van der Waals surface area (Å²) in [4.78, 5) is 22.4. The normalized spacial score (nSPS) is 10.2. The number of hydrogen-bond acceptors (Lipinski definition) is 7. The fraction of sp³-hybridized carbons (Fsp3) is 0.0952. The van der Waals surface area contributed by atoms with Gasteiger partial charge in [-0.1, -0.05) is 41.7 Å². The lowest BCUT2D eigenvalue weighted by Crippen LogP contribution is -2.11. The lowest BCUT2D eigenvalue weighted by molar-refractivity contribution is 0.102. The topological polar surface area (TPSA) is 76.1 Å². The van der Waals surface area contributed by atoms with Crippen LogP contribution in [0.3, 0.4) is 0 Å². The molecule has 0 unspecified atom stereocenters. The van der Waals surface area contributed by atoms with Gasteiger partial charge in [-0.05, 0) is 31.2 Å². The first-order valence-corrected chi connectivity index (χ1v) is 10.5. The van der Waals surface area contributed by atoms with Crippen LogP contribution < -0.4 is 15.4 Å². The van der Waals surface area contributed by atoms with E-state index < -0.39 is 0 Å². The second-order valence-corrected chi connectivity index (χ2v) is 7.97. The molecule has 0 fully saturated rings. The van der Waals surface area contributed by atoms with Gasteiger partial charge in [0.2, 0.25) is 0 Å². The number of para-hydroxylation sites is 2. The smallest absolute Gasteiger partial charge is 0.257 e. The summed E-state index contributed by atoms with van der Waals surface area (Å²) >= 11 is 2.91. The number of aromatic nitrogens is 2. The van der Waals surface area contributed by atoms with Crippen LogP contribution in [0.2, 0.25) is 0 Å². The van der Waals surface area contributed by atoms with Gasteiger partial charge in [-0.15, -0.1) is 28.3 Å². The molecule has 2 aromatic heterocycles. The van der Waals surface area contributed by atoms with E-state index in [-0.39, 0.29) is 22.9 Å². The average Bonchev–Trinajstić information content (AvgIpc) is 3.35. The highest BCUT2D eigenvalue weighted by molar-refractivity contribution is 8.93. The summed E-state index contributed by atoms with van der Waals surface area (Å²) in [5.41, 5.74) is 3.10. The molecule has 0 spiro atoms. The van der Waals surface area contributed by atoms with Crippen LogP contribution in [0.5, 0.6) is 5.75 Å². The van der Waals surface area contributed by atoms with Crippen molar-refractivity contribution >= 4 is 61.5 Å². The van der Waals surface area contributed by atoms with Gasteiger partial charge in [-0.3, -0.25) is 10.1 Å². The number of benzene rings is 2. The zero-order valence-electron chi connectivity index (χ0n) is 16.2. The summed E-state index contributed by atoms with van der Waals surface area (Å²) in [5, 5.41) is 9.44. The minimum atomic E-state index is -0.178. The van der Waals surface area contributed by atoms with Crippen LogP contribution in [0.1, 0.15) is 16.1 Å². The maximum absolute atomic E-state index is 12.4. The highest BCUT2D eigenvalue weighted by Gasteiger charge is 2.16. The van der Waals surface area contributed by atoms with E-state index in [0.29, 0.717) is 10.7 Å². The highest BCUT2D eigenvalue weighted by atomic mass is 79.9. The summed E-state index contributed by atoms with van der Waals surface area (Å²) in [6.45, 7) is 1.91. The molecule has 0 radical (unpaired) electrons. The molecule has 0 aliphatic carbocycles. The predicted octanol–water partition coefficient (Wildman–Crippen LogP) is 6.16. The highest BCUT2D eigenvalue weighted by Crippen LogP contribution is 2.36. The Hall–Kier alpha value is -2.75. The molecule has 1 amide bonds. The first-order chi connectivity index (χ1) is 14.1. The van der Waals surface area contributed by atoms with Crippen LogP contribution in [-0.2, 0) is 0 Å². The number of carbonyl (C=O) groups is 1. The van der Waals surface area contributed by atoms with Gasteiger partial charge in [0, 0.05) is 10.9 Å². The van der Waals surface area contributed by atoms with E-state index >= 15 is 0 Å². The summed E-state index contributed by atoms with van der Waals surface area (Å²) in [6.07, 6.45) is 0. The second kappa shape index (κ2) is 9.84. The number of amides is 1. The number of halogens is 1. The lowest BCUT2D eigenvalue weighted by Gasteiger charge is -2.07. The number of carbonyl (C=O) groups excluding carboxylic acids is 1. The molecular formula is C21H19BrN4O2S2. The number of nitrogens with one attached hydrogen (secondary N) is 2. The van der Waals surface area contributed by atoms with Crippen molar-refractivity contribution in [3.8, 4) is 16.3 Å². The third-order valence-corrected chi connectivity index (χ3v) is 5.99.